The SMILES string of the molecule is CCCNC(=O)[C@@H](C)N(Cc1cccc(C)c1)C(=O)CN(c1ccc(OCC)cc1)S(C)(=O)=O. The lowest BCUT2D eigenvalue weighted by atomic mass is 10.1. The van der Waals surface area contributed by atoms with Gasteiger partial charge in [0.25, 0.3) is 0 Å². The molecule has 1 atom stereocenters. The molecule has 0 saturated carbocycles. The molecule has 0 spiro atoms. The highest BCUT2D eigenvalue weighted by atomic mass is 32.2. The van der Waals surface area contributed by atoms with E-state index in [9.17, 15) is 18.0 Å². The summed E-state index contributed by atoms with van der Waals surface area (Å²) in [5, 5.41) is 2.82. The molecule has 2 aromatic carbocycles. The molecule has 8 nitrogen and oxygen atoms in total. The van der Waals surface area contributed by atoms with Crippen molar-refractivity contribution in [3.63, 3.8) is 0 Å². The predicted molar refractivity (Wildman–Crippen MR) is 134 cm³/mol. The number of carbonyl (C=O) groups is 2. The third kappa shape index (κ3) is 7.76. The van der Waals surface area contributed by atoms with Crippen LogP contribution >= 0.6 is 0 Å². The van der Waals surface area contributed by atoms with Crippen molar-refractivity contribution >= 4 is 27.5 Å². The Morgan fingerprint density at radius 3 is 2.32 bits per heavy atom. The molecule has 0 saturated heterocycles. The topological polar surface area (TPSA) is 96.0 Å². The van der Waals surface area contributed by atoms with Crippen LogP contribution in [0.25, 0.3) is 0 Å². The molecule has 0 aliphatic carbocycles. The standard InChI is InChI=1S/C25H35N3O5S/c1-6-15-26-25(30)20(4)27(17-21-10-8-9-19(3)16-21)24(29)18-28(34(5,31)32)22-11-13-23(14-12-22)33-7-2/h8-14,16,20H,6-7,15,17-18H2,1-5H3,(H,26,30)/t20-/m1/s1. The van der Waals surface area contributed by atoms with E-state index in [0.717, 1.165) is 28.1 Å². The fourth-order valence-corrected chi connectivity index (χ4v) is 4.32. The van der Waals surface area contributed by atoms with Gasteiger partial charge in [0.15, 0.2) is 0 Å². The molecule has 0 aliphatic rings. The van der Waals surface area contributed by atoms with Gasteiger partial charge < -0.3 is 15.0 Å². The van der Waals surface area contributed by atoms with E-state index in [1.54, 1.807) is 31.2 Å². The third-order valence-electron chi connectivity index (χ3n) is 5.27. The van der Waals surface area contributed by atoms with Gasteiger partial charge in [-0.15, -0.1) is 0 Å². The molecular weight excluding hydrogens is 454 g/mol. The maximum atomic E-state index is 13.5. The molecule has 34 heavy (non-hydrogen) atoms. The van der Waals surface area contributed by atoms with Crippen LogP contribution in [0.2, 0.25) is 0 Å². The van der Waals surface area contributed by atoms with Gasteiger partial charge in [-0.05, 0) is 57.0 Å². The number of sulfonamides is 1. The minimum absolute atomic E-state index is 0.183. The maximum Gasteiger partial charge on any atom is 0.244 e. The summed E-state index contributed by atoms with van der Waals surface area (Å²) in [6.45, 7) is 8.14. The molecule has 0 unspecified atom stereocenters. The normalized spacial score (nSPS) is 12.0. The van der Waals surface area contributed by atoms with Gasteiger partial charge in [0.05, 0.1) is 18.6 Å². The van der Waals surface area contributed by atoms with E-state index >= 15 is 0 Å². The van der Waals surface area contributed by atoms with Crippen LogP contribution in [0.4, 0.5) is 5.69 Å². The molecular formula is C25H35N3O5S. The van der Waals surface area contributed by atoms with Crippen molar-refractivity contribution in [1.29, 1.82) is 0 Å². The Kier molecular flexibility index (Phi) is 9.92. The summed E-state index contributed by atoms with van der Waals surface area (Å²) in [5.74, 6) is -0.150. The van der Waals surface area contributed by atoms with Gasteiger partial charge in [-0.25, -0.2) is 8.42 Å². The summed E-state index contributed by atoms with van der Waals surface area (Å²) >= 11 is 0. The van der Waals surface area contributed by atoms with Gasteiger partial charge in [0.2, 0.25) is 21.8 Å². The van der Waals surface area contributed by atoms with Gasteiger partial charge in [0.1, 0.15) is 18.3 Å². The first-order valence-corrected chi connectivity index (χ1v) is 13.2. The number of benzene rings is 2. The third-order valence-corrected chi connectivity index (χ3v) is 6.41. The van der Waals surface area contributed by atoms with Crippen molar-refractivity contribution in [3.8, 4) is 5.75 Å². The molecule has 0 heterocycles. The van der Waals surface area contributed by atoms with E-state index in [0.29, 0.717) is 24.6 Å². The van der Waals surface area contributed by atoms with Crippen LogP contribution in [-0.4, -0.2) is 57.1 Å². The van der Waals surface area contributed by atoms with Crippen LogP contribution < -0.4 is 14.4 Å². The number of anilines is 1. The minimum Gasteiger partial charge on any atom is -0.494 e. The summed E-state index contributed by atoms with van der Waals surface area (Å²) in [6, 6.07) is 13.4. The molecule has 186 valence electrons. The first kappa shape index (κ1) is 27.2. The number of aryl methyl sites for hydroxylation is 1. The average molecular weight is 490 g/mol. The second-order valence-corrected chi connectivity index (χ2v) is 10.1. The van der Waals surface area contributed by atoms with E-state index in [4.69, 9.17) is 4.74 Å². The van der Waals surface area contributed by atoms with Crippen molar-refractivity contribution in [1.82, 2.24) is 10.2 Å². The number of carbonyl (C=O) groups excluding carboxylic acids is 2. The summed E-state index contributed by atoms with van der Waals surface area (Å²) in [5.41, 5.74) is 2.23. The smallest absolute Gasteiger partial charge is 0.244 e. The number of nitrogens with zero attached hydrogens (tertiary/aromatic N) is 2. The fraction of sp³-hybridized carbons (Fsp3) is 0.440. The van der Waals surface area contributed by atoms with Crippen molar-refractivity contribution < 1.29 is 22.7 Å². The van der Waals surface area contributed by atoms with E-state index < -0.39 is 28.5 Å². The van der Waals surface area contributed by atoms with Gasteiger partial charge in [0, 0.05) is 13.1 Å². The van der Waals surface area contributed by atoms with E-state index in [-0.39, 0.29) is 12.5 Å². The summed E-state index contributed by atoms with van der Waals surface area (Å²) < 4.78 is 31.7. The molecule has 2 aromatic rings. The molecule has 9 heteroatoms. The Morgan fingerprint density at radius 1 is 1.09 bits per heavy atom. The van der Waals surface area contributed by atoms with Crippen LogP contribution in [0.1, 0.15) is 38.3 Å². The molecule has 0 aromatic heterocycles. The van der Waals surface area contributed by atoms with Crippen LogP contribution in [0, 0.1) is 6.92 Å². The van der Waals surface area contributed by atoms with Crippen molar-refractivity contribution in [2.24, 2.45) is 0 Å². The van der Waals surface area contributed by atoms with E-state index in [1.165, 1.54) is 4.90 Å². The van der Waals surface area contributed by atoms with Crippen LogP contribution in [0.15, 0.2) is 48.5 Å². The zero-order chi connectivity index (χ0) is 25.3. The average Bonchev–Trinajstić information content (AvgIpc) is 2.79. The van der Waals surface area contributed by atoms with Crippen LogP contribution in [-0.2, 0) is 26.2 Å². The van der Waals surface area contributed by atoms with Gasteiger partial charge in [-0.2, -0.15) is 0 Å². The summed E-state index contributed by atoms with van der Waals surface area (Å²) in [7, 11) is -3.77. The van der Waals surface area contributed by atoms with E-state index in [2.05, 4.69) is 5.32 Å². The first-order valence-electron chi connectivity index (χ1n) is 11.4. The van der Waals surface area contributed by atoms with Gasteiger partial charge in [-0.1, -0.05) is 36.8 Å². The fourth-order valence-electron chi connectivity index (χ4n) is 3.47. The number of ether oxygens (including phenoxy) is 1. The molecule has 2 rings (SSSR count). The van der Waals surface area contributed by atoms with Crippen molar-refractivity contribution in [2.75, 3.05) is 30.3 Å². The number of amides is 2. The summed E-state index contributed by atoms with van der Waals surface area (Å²) in [6.07, 6.45) is 1.82. The lowest BCUT2D eigenvalue weighted by Crippen LogP contribution is -2.51. The Morgan fingerprint density at radius 2 is 1.76 bits per heavy atom. The lowest BCUT2D eigenvalue weighted by molar-refractivity contribution is -0.139. The summed E-state index contributed by atoms with van der Waals surface area (Å²) in [4.78, 5) is 27.6. The monoisotopic (exact) mass is 489 g/mol. The maximum absolute atomic E-state index is 13.5. The van der Waals surface area contributed by atoms with Gasteiger partial charge in [-0.3, -0.25) is 13.9 Å². The number of nitrogens with one attached hydrogen (secondary N) is 1. The van der Waals surface area contributed by atoms with Crippen LogP contribution in [0.5, 0.6) is 5.75 Å². The molecule has 0 fully saturated rings. The quantitative estimate of drug-likeness (QED) is 0.494. The zero-order valence-corrected chi connectivity index (χ0v) is 21.4. The van der Waals surface area contributed by atoms with Crippen molar-refractivity contribution in [3.05, 3.63) is 59.7 Å². The molecule has 0 radical (unpaired) electrons. The second-order valence-electron chi connectivity index (χ2n) is 8.17. The Labute approximate surface area is 202 Å². The highest BCUT2D eigenvalue weighted by Crippen LogP contribution is 2.22. The van der Waals surface area contributed by atoms with Gasteiger partial charge >= 0.3 is 0 Å². The number of rotatable bonds is 12. The highest BCUT2D eigenvalue weighted by Gasteiger charge is 2.30. The second kappa shape index (κ2) is 12.4. The van der Waals surface area contributed by atoms with Crippen molar-refractivity contribution in [2.45, 2.75) is 46.7 Å². The predicted octanol–water partition coefficient (Wildman–Crippen LogP) is 3.10. The first-order chi connectivity index (χ1) is 16.1. The molecule has 2 amide bonds. The highest BCUT2D eigenvalue weighted by molar-refractivity contribution is 7.92. The minimum atomic E-state index is -3.77. The lowest BCUT2D eigenvalue weighted by Gasteiger charge is -2.31. The van der Waals surface area contributed by atoms with E-state index in [1.807, 2.05) is 45.0 Å². The molecule has 0 bridgehead atoms. The Balaban J connectivity index is 2.35. The Hall–Kier alpha value is -3.07. The molecule has 0 aliphatic heterocycles. The molecule has 1 N–H and O–H groups in total. The van der Waals surface area contributed by atoms with Crippen LogP contribution in [0.3, 0.4) is 0 Å². The number of hydrogen-bond donors (Lipinski definition) is 1. The largest absolute Gasteiger partial charge is 0.494 e. The Bertz CT molecular complexity index is 1070. The zero-order valence-electron chi connectivity index (χ0n) is 20.6. The number of hydrogen-bond acceptors (Lipinski definition) is 5.